The van der Waals surface area contributed by atoms with Gasteiger partial charge in [0.05, 0.1) is 5.52 Å². The molecule has 92 valence electrons. The van der Waals surface area contributed by atoms with Gasteiger partial charge in [-0.2, -0.15) is 0 Å². The number of hydrogen-bond acceptors (Lipinski definition) is 2. The number of benzene rings is 1. The maximum absolute atomic E-state index is 5.80. The number of aromatic nitrogens is 1. The Hall–Kier alpha value is -1.32. The first kappa shape index (κ1) is 12.1. The minimum atomic E-state index is 0.606. The smallest absolute Gasteiger partial charge is 0.0525 e. The molecule has 1 aromatic carbocycles. The minimum absolute atomic E-state index is 0.606. The van der Waals surface area contributed by atoms with Crippen molar-refractivity contribution in [3.05, 3.63) is 36.0 Å². The van der Waals surface area contributed by atoms with Gasteiger partial charge in [-0.3, -0.25) is 0 Å². The fraction of sp³-hybridized carbons (Fsp3) is 0.429. The Balaban J connectivity index is 2.22. The van der Waals surface area contributed by atoms with E-state index < -0.39 is 0 Å². The summed E-state index contributed by atoms with van der Waals surface area (Å²) >= 11 is 0. The predicted molar refractivity (Wildman–Crippen MR) is 73.0 cm³/mol. The van der Waals surface area contributed by atoms with E-state index in [-0.39, 0.29) is 0 Å². The van der Waals surface area contributed by atoms with Gasteiger partial charge >= 0.3 is 0 Å². The molecule has 1 heterocycles. The monoisotopic (exact) mass is 231 g/mol. The lowest BCUT2D eigenvalue weighted by molar-refractivity contribution is 0.388. The van der Waals surface area contributed by atoms with Gasteiger partial charge in [0.15, 0.2) is 0 Å². The lowest BCUT2D eigenvalue weighted by Gasteiger charge is -2.11. The number of hydrogen-bond donors (Lipinski definition) is 1. The normalized spacial score (nSPS) is 11.5. The van der Waals surface area contributed by atoms with Crippen LogP contribution in [-0.2, 0) is 13.1 Å². The van der Waals surface area contributed by atoms with E-state index in [9.17, 15) is 0 Å². The zero-order chi connectivity index (χ0) is 12.3. The van der Waals surface area contributed by atoms with Crippen molar-refractivity contribution < 1.29 is 0 Å². The lowest BCUT2D eigenvalue weighted by Crippen LogP contribution is -2.15. The van der Waals surface area contributed by atoms with Gasteiger partial charge in [0, 0.05) is 19.3 Å². The maximum atomic E-state index is 5.80. The SMILES string of the molecule is CN(C)CCCn1ccc2cccc(CN)c21. The van der Waals surface area contributed by atoms with Crippen LogP contribution in [0.5, 0.6) is 0 Å². The van der Waals surface area contributed by atoms with Crippen molar-refractivity contribution in [1.82, 2.24) is 9.47 Å². The molecule has 2 rings (SSSR count). The summed E-state index contributed by atoms with van der Waals surface area (Å²) in [5.74, 6) is 0. The quantitative estimate of drug-likeness (QED) is 0.854. The number of nitrogens with zero attached hydrogens (tertiary/aromatic N) is 2. The molecular weight excluding hydrogens is 210 g/mol. The molecule has 0 aliphatic rings. The van der Waals surface area contributed by atoms with Gasteiger partial charge in [0.1, 0.15) is 0 Å². The third-order valence-corrected chi connectivity index (χ3v) is 3.10. The average molecular weight is 231 g/mol. The van der Waals surface area contributed by atoms with Crippen molar-refractivity contribution in [3.8, 4) is 0 Å². The summed E-state index contributed by atoms with van der Waals surface area (Å²) in [5.41, 5.74) is 8.33. The van der Waals surface area contributed by atoms with Gasteiger partial charge in [-0.05, 0) is 44.1 Å². The first-order chi connectivity index (χ1) is 8.22. The van der Waals surface area contributed by atoms with Crippen LogP contribution < -0.4 is 5.73 Å². The van der Waals surface area contributed by atoms with E-state index in [2.05, 4.69) is 54.0 Å². The molecule has 17 heavy (non-hydrogen) atoms. The minimum Gasteiger partial charge on any atom is -0.347 e. The molecular formula is C14H21N3. The van der Waals surface area contributed by atoms with E-state index >= 15 is 0 Å². The van der Waals surface area contributed by atoms with E-state index in [1.54, 1.807) is 0 Å². The number of rotatable bonds is 5. The van der Waals surface area contributed by atoms with Gasteiger partial charge in [-0.25, -0.2) is 0 Å². The second kappa shape index (κ2) is 5.34. The fourth-order valence-corrected chi connectivity index (χ4v) is 2.25. The molecule has 0 saturated carbocycles. The van der Waals surface area contributed by atoms with Crippen molar-refractivity contribution in [2.75, 3.05) is 20.6 Å². The molecule has 3 heteroatoms. The molecule has 0 fully saturated rings. The topological polar surface area (TPSA) is 34.2 Å². The van der Waals surface area contributed by atoms with Crippen molar-refractivity contribution >= 4 is 10.9 Å². The van der Waals surface area contributed by atoms with Crippen molar-refractivity contribution in [1.29, 1.82) is 0 Å². The van der Waals surface area contributed by atoms with E-state index in [0.29, 0.717) is 6.54 Å². The maximum Gasteiger partial charge on any atom is 0.0525 e. The molecule has 0 saturated heterocycles. The molecule has 0 aliphatic carbocycles. The number of nitrogens with two attached hydrogens (primary N) is 1. The summed E-state index contributed by atoms with van der Waals surface area (Å²) in [4.78, 5) is 2.22. The van der Waals surface area contributed by atoms with Gasteiger partial charge in [-0.15, -0.1) is 0 Å². The third-order valence-electron chi connectivity index (χ3n) is 3.10. The van der Waals surface area contributed by atoms with Crippen LogP contribution in [0.2, 0.25) is 0 Å². The zero-order valence-corrected chi connectivity index (χ0v) is 10.7. The van der Waals surface area contributed by atoms with Crippen molar-refractivity contribution in [2.24, 2.45) is 5.73 Å². The summed E-state index contributed by atoms with van der Waals surface area (Å²) in [6.45, 7) is 2.78. The molecule has 2 aromatic rings. The molecule has 0 amide bonds. The van der Waals surface area contributed by atoms with E-state index in [0.717, 1.165) is 19.5 Å². The first-order valence-corrected chi connectivity index (χ1v) is 6.14. The molecule has 2 N–H and O–H groups in total. The van der Waals surface area contributed by atoms with Gasteiger partial charge in [0.25, 0.3) is 0 Å². The van der Waals surface area contributed by atoms with Crippen molar-refractivity contribution in [2.45, 2.75) is 19.5 Å². The van der Waals surface area contributed by atoms with Crippen LogP contribution >= 0.6 is 0 Å². The van der Waals surface area contributed by atoms with E-state index in [4.69, 9.17) is 5.73 Å². The second-order valence-electron chi connectivity index (χ2n) is 4.73. The Labute approximate surface area is 103 Å². The van der Waals surface area contributed by atoms with Crippen molar-refractivity contribution in [3.63, 3.8) is 0 Å². The summed E-state index contributed by atoms with van der Waals surface area (Å²) in [6, 6.07) is 8.51. The highest BCUT2D eigenvalue weighted by Gasteiger charge is 2.05. The summed E-state index contributed by atoms with van der Waals surface area (Å²) < 4.78 is 2.32. The zero-order valence-electron chi connectivity index (χ0n) is 10.7. The fourth-order valence-electron chi connectivity index (χ4n) is 2.25. The average Bonchev–Trinajstić information content (AvgIpc) is 2.72. The third kappa shape index (κ3) is 2.68. The number of fused-ring (bicyclic) bond motifs is 1. The summed E-state index contributed by atoms with van der Waals surface area (Å²) in [6.07, 6.45) is 3.33. The van der Waals surface area contributed by atoms with Crippen LogP contribution in [0.25, 0.3) is 10.9 Å². The Bertz CT molecular complexity index is 485. The molecule has 0 unspecified atom stereocenters. The Morgan fingerprint density at radius 3 is 2.76 bits per heavy atom. The van der Waals surface area contributed by atoms with Gasteiger partial charge in [0.2, 0.25) is 0 Å². The van der Waals surface area contributed by atoms with Crippen LogP contribution in [0.4, 0.5) is 0 Å². The molecule has 0 radical (unpaired) electrons. The van der Waals surface area contributed by atoms with Crippen LogP contribution in [-0.4, -0.2) is 30.1 Å². The lowest BCUT2D eigenvalue weighted by atomic mass is 10.1. The number of para-hydroxylation sites is 1. The van der Waals surface area contributed by atoms with Gasteiger partial charge < -0.3 is 15.2 Å². The van der Waals surface area contributed by atoms with Gasteiger partial charge in [-0.1, -0.05) is 18.2 Å². The highest BCUT2D eigenvalue weighted by atomic mass is 15.1. The molecule has 0 spiro atoms. The highest BCUT2D eigenvalue weighted by molar-refractivity contribution is 5.83. The molecule has 3 nitrogen and oxygen atoms in total. The van der Waals surface area contributed by atoms with Crippen LogP contribution in [0, 0.1) is 0 Å². The second-order valence-corrected chi connectivity index (χ2v) is 4.73. The van der Waals surface area contributed by atoms with E-state index in [1.165, 1.54) is 16.5 Å². The van der Waals surface area contributed by atoms with Crippen LogP contribution in [0.3, 0.4) is 0 Å². The van der Waals surface area contributed by atoms with Crippen LogP contribution in [0.1, 0.15) is 12.0 Å². The number of aryl methyl sites for hydroxylation is 1. The molecule has 0 bridgehead atoms. The molecule has 0 atom stereocenters. The first-order valence-electron chi connectivity index (χ1n) is 6.14. The summed E-state index contributed by atoms with van der Waals surface area (Å²) in [7, 11) is 4.22. The highest BCUT2D eigenvalue weighted by Crippen LogP contribution is 2.20. The Kier molecular flexibility index (Phi) is 3.82. The Morgan fingerprint density at radius 2 is 2.06 bits per heavy atom. The molecule has 0 aliphatic heterocycles. The van der Waals surface area contributed by atoms with Crippen LogP contribution in [0.15, 0.2) is 30.5 Å². The summed E-state index contributed by atoms with van der Waals surface area (Å²) in [5, 5.41) is 1.29. The van der Waals surface area contributed by atoms with E-state index in [1.807, 2.05) is 0 Å². The molecule has 1 aromatic heterocycles. The Morgan fingerprint density at radius 1 is 1.24 bits per heavy atom. The standard InChI is InChI=1S/C14H21N3/c1-16(2)8-4-9-17-10-7-12-5-3-6-13(11-15)14(12)17/h3,5-7,10H,4,8-9,11,15H2,1-2H3. The largest absolute Gasteiger partial charge is 0.347 e. The predicted octanol–water partition coefficient (Wildman–Crippen LogP) is 2.05.